The van der Waals surface area contributed by atoms with Gasteiger partial charge < -0.3 is 5.73 Å². The highest BCUT2D eigenvalue weighted by atomic mass is 79.9. The number of nitrogens with two attached hydrogens (primary N) is 1. The van der Waals surface area contributed by atoms with Gasteiger partial charge in [0.15, 0.2) is 11.5 Å². The lowest BCUT2D eigenvalue weighted by atomic mass is 10.4. The van der Waals surface area contributed by atoms with Crippen LogP contribution in [0.5, 0.6) is 0 Å². The lowest BCUT2D eigenvalue weighted by molar-refractivity contribution is 0.876. The van der Waals surface area contributed by atoms with Gasteiger partial charge in [0.2, 0.25) is 0 Å². The van der Waals surface area contributed by atoms with Crippen molar-refractivity contribution in [1.29, 1.82) is 0 Å². The zero-order valence-electron chi connectivity index (χ0n) is 7.44. The van der Waals surface area contributed by atoms with E-state index in [0.717, 1.165) is 15.9 Å². The third kappa shape index (κ3) is 1.19. The Morgan fingerprint density at radius 2 is 2.29 bits per heavy atom. The second-order valence-corrected chi connectivity index (χ2v) is 4.54. The molecule has 1 fully saturated rings. The summed E-state index contributed by atoms with van der Waals surface area (Å²) in [4.78, 5) is 4.42. The second kappa shape index (κ2) is 2.70. The van der Waals surface area contributed by atoms with Crippen molar-refractivity contribution in [2.45, 2.75) is 18.8 Å². The van der Waals surface area contributed by atoms with Crippen LogP contribution in [0.25, 0.3) is 5.65 Å². The van der Waals surface area contributed by atoms with Gasteiger partial charge in [0.05, 0.1) is 5.69 Å². The van der Waals surface area contributed by atoms with Crippen molar-refractivity contribution in [3.05, 3.63) is 22.6 Å². The molecule has 0 radical (unpaired) electrons. The number of nitrogens with zero attached hydrogens (tertiary/aromatic N) is 3. The van der Waals surface area contributed by atoms with Crippen LogP contribution in [-0.2, 0) is 0 Å². The molecule has 0 aliphatic heterocycles. The Balaban J connectivity index is 2.26. The summed E-state index contributed by atoms with van der Waals surface area (Å²) < 4.78 is 2.67. The monoisotopic (exact) mass is 252 g/mol. The lowest BCUT2D eigenvalue weighted by Crippen LogP contribution is -1.93. The van der Waals surface area contributed by atoms with E-state index in [1.807, 2.05) is 12.3 Å². The van der Waals surface area contributed by atoms with Gasteiger partial charge in [-0.15, -0.1) is 0 Å². The van der Waals surface area contributed by atoms with E-state index in [0.29, 0.717) is 11.6 Å². The predicted molar refractivity (Wildman–Crippen MR) is 57.1 cm³/mol. The fraction of sp³-hybridized carbons (Fsp3) is 0.333. The Morgan fingerprint density at radius 1 is 1.50 bits per heavy atom. The number of aromatic nitrogens is 3. The standard InChI is InChI=1S/C9H9BrN4/c10-6-3-7(11)9-12-8(5-1-2-5)13-14(9)4-6/h3-5H,1-2,11H2. The molecule has 1 aliphatic carbocycles. The first kappa shape index (κ1) is 8.23. The van der Waals surface area contributed by atoms with Gasteiger partial charge in [0.25, 0.3) is 0 Å². The van der Waals surface area contributed by atoms with Gasteiger partial charge in [0, 0.05) is 16.6 Å². The van der Waals surface area contributed by atoms with Crippen molar-refractivity contribution in [2.24, 2.45) is 0 Å². The van der Waals surface area contributed by atoms with Crippen LogP contribution < -0.4 is 5.73 Å². The van der Waals surface area contributed by atoms with Crippen molar-refractivity contribution < 1.29 is 0 Å². The molecule has 0 amide bonds. The van der Waals surface area contributed by atoms with Gasteiger partial charge in [0.1, 0.15) is 0 Å². The van der Waals surface area contributed by atoms with E-state index in [1.165, 1.54) is 12.8 Å². The third-order valence-electron chi connectivity index (χ3n) is 2.39. The number of fused-ring (bicyclic) bond motifs is 1. The molecule has 0 bridgehead atoms. The molecular formula is C9H9BrN4. The summed E-state index contributed by atoms with van der Waals surface area (Å²) in [5.74, 6) is 1.49. The van der Waals surface area contributed by atoms with Crippen molar-refractivity contribution in [3.8, 4) is 0 Å². The summed E-state index contributed by atoms with van der Waals surface area (Å²) in [6, 6.07) is 1.85. The van der Waals surface area contributed by atoms with Crippen molar-refractivity contribution in [2.75, 3.05) is 5.73 Å². The first-order chi connectivity index (χ1) is 6.74. The number of pyridine rings is 1. The van der Waals surface area contributed by atoms with Gasteiger partial charge >= 0.3 is 0 Å². The summed E-state index contributed by atoms with van der Waals surface area (Å²) >= 11 is 3.38. The average Bonchev–Trinajstić information content (AvgIpc) is 2.87. The van der Waals surface area contributed by atoms with E-state index in [4.69, 9.17) is 5.73 Å². The topological polar surface area (TPSA) is 56.2 Å². The van der Waals surface area contributed by atoms with Crippen LogP contribution in [0.1, 0.15) is 24.6 Å². The summed E-state index contributed by atoms with van der Waals surface area (Å²) in [6.45, 7) is 0. The van der Waals surface area contributed by atoms with Gasteiger partial charge in [-0.1, -0.05) is 0 Å². The number of halogens is 1. The van der Waals surface area contributed by atoms with Crippen molar-refractivity contribution in [1.82, 2.24) is 14.6 Å². The second-order valence-electron chi connectivity index (χ2n) is 3.63. The Morgan fingerprint density at radius 3 is 3.00 bits per heavy atom. The SMILES string of the molecule is Nc1cc(Br)cn2nc(C3CC3)nc12. The number of hydrogen-bond donors (Lipinski definition) is 1. The molecular weight excluding hydrogens is 244 g/mol. The smallest absolute Gasteiger partial charge is 0.178 e. The number of anilines is 1. The van der Waals surface area contributed by atoms with Crippen molar-refractivity contribution >= 4 is 27.3 Å². The Bertz CT molecular complexity index is 501. The normalized spacial score (nSPS) is 16.4. The minimum atomic E-state index is 0.563. The molecule has 72 valence electrons. The first-order valence-corrected chi connectivity index (χ1v) is 5.34. The molecule has 1 saturated carbocycles. The van der Waals surface area contributed by atoms with Gasteiger partial charge in [-0.25, -0.2) is 9.50 Å². The molecule has 0 aromatic carbocycles. The maximum absolute atomic E-state index is 5.84. The molecule has 2 heterocycles. The molecule has 2 aromatic heterocycles. The quantitative estimate of drug-likeness (QED) is 0.845. The van der Waals surface area contributed by atoms with Crippen molar-refractivity contribution in [3.63, 3.8) is 0 Å². The van der Waals surface area contributed by atoms with Crippen LogP contribution in [0, 0.1) is 0 Å². The highest BCUT2D eigenvalue weighted by molar-refractivity contribution is 9.10. The number of hydrogen-bond acceptors (Lipinski definition) is 3. The summed E-state index contributed by atoms with van der Waals surface area (Å²) in [7, 11) is 0. The largest absolute Gasteiger partial charge is 0.396 e. The van der Waals surface area contributed by atoms with E-state index < -0.39 is 0 Å². The Labute approximate surface area is 89.3 Å². The van der Waals surface area contributed by atoms with Crippen LogP contribution in [0.3, 0.4) is 0 Å². The van der Waals surface area contributed by atoms with E-state index in [9.17, 15) is 0 Å². The first-order valence-electron chi connectivity index (χ1n) is 4.55. The fourth-order valence-corrected chi connectivity index (χ4v) is 1.95. The number of rotatable bonds is 1. The van der Waals surface area contributed by atoms with Gasteiger partial charge in [-0.05, 0) is 34.8 Å². The maximum atomic E-state index is 5.84. The Kier molecular flexibility index (Phi) is 1.58. The van der Waals surface area contributed by atoms with Crippen LogP contribution in [0.15, 0.2) is 16.7 Å². The Hall–Kier alpha value is -1.10. The van der Waals surface area contributed by atoms with E-state index in [-0.39, 0.29) is 0 Å². The van der Waals surface area contributed by atoms with Crippen LogP contribution in [-0.4, -0.2) is 14.6 Å². The van der Waals surface area contributed by atoms with E-state index >= 15 is 0 Å². The molecule has 1 aliphatic rings. The highest BCUT2D eigenvalue weighted by Gasteiger charge is 2.28. The third-order valence-corrected chi connectivity index (χ3v) is 2.82. The highest BCUT2D eigenvalue weighted by Crippen LogP contribution is 2.38. The molecule has 2 aromatic rings. The lowest BCUT2D eigenvalue weighted by Gasteiger charge is -1.96. The van der Waals surface area contributed by atoms with Crippen LogP contribution in [0.4, 0.5) is 5.69 Å². The average molecular weight is 253 g/mol. The molecule has 4 nitrogen and oxygen atoms in total. The molecule has 0 atom stereocenters. The molecule has 0 unspecified atom stereocenters. The summed E-state index contributed by atoms with van der Waals surface area (Å²) in [5.41, 5.74) is 7.26. The fourth-order valence-electron chi connectivity index (χ4n) is 1.51. The zero-order valence-corrected chi connectivity index (χ0v) is 9.03. The molecule has 0 spiro atoms. The zero-order chi connectivity index (χ0) is 9.71. The predicted octanol–water partition coefficient (Wildman–Crippen LogP) is 1.95. The summed E-state index contributed by atoms with van der Waals surface area (Å²) in [5, 5.41) is 4.39. The molecule has 5 heteroatoms. The minimum absolute atomic E-state index is 0.563. The van der Waals surface area contributed by atoms with E-state index in [1.54, 1.807) is 4.52 Å². The number of nitrogen functional groups attached to an aromatic ring is 1. The van der Waals surface area contributed by atoms with Crippen LogP contribution >= 0.6 is 15.9 Å². The van der Waals surface area contributed by atoms with Crippen LogP contribution in [0.2, 0.25) is 0 Å². The molecule has 0 saturated heterocycles. The minimum Gasteiger partial charge on any atom is -0.396 e. The summed E-state index contributed by atoms with van der Waals surface area (Å²) in [6.07, 6.45) is 4.29. The molecule has 3 rings (SSSR count). The maximum Gasteiger partial charge on any atom is 0.178 e. The molecule has 14 heavy (non-hydrogen) atoms. The van der Waals surface area contributed by atoms with E-state index in [2.05, 4.69) is 26.0 Å². The van der Waals surface area contributed by atoms with Gasteiger partial charge in [-0.2, -0.15) is 5.10 Å². The van der Waals surface area contributed by atoms with Gasteiger partial charge in [-0.3, -0.25) is 0 Å². The molecule has 2 N–H and O–H groups in total.